The van der Waals surface area contributed by atoms with Gasteiger partial charge in [0, 0.05) is 24.3 Å². The number of ether oxygens (including phenoxy) is 2. The number of likely N-dealkylation sites (tertiary alicyclic amines) is 1. The van der Waals surface area contributed by atoms with Gasteiger partial charge in [-0.15, -0.1) is 0 Å². The summed E-state index contributed by atoms with van der Waals surface area (Å²) in [4.78, 5) is 27.1. The minimum atomic E-state index is -0.218. The molecule has 1 aliphatic heterocycles. The van der Waals surface area contributed by atoms with Gasteiger partial charge in [-0.2, -0.15) is 0 Å². The summed E-state index contributed by atoms with van der Waals surface area (Å²) >= 11 is 0. The largest absolute Gasteiger partial charge is 0.490 e. The van der Waals surface area contributed by atoms with E-state index in [-0.39, 0.29) is 18.4 Å². The number of carbonyl (C=O) groups excluding carboxylic acids is 2. The molecule has 0 spiro atoms. The van der Waals surface area contributed by atoms with Gasteiger partial charge in [-0.3, -0.25) is 9.59 Å². The molecule has 1 aliphatic rings. The molecule has 0 saturated carbocycles. The fraction of sp³-hybridized carbons (Fsp3) is 0.440. The van der Waals surface area contributed by atoms with Crippen LogP contribution in [0.15, 0.2) is 42.5 Å². The minimum absolute atomic E-state index is 0.0192. The smallest absolute Gasteiger partial charge is 0.260 e. The van der Waals surface area contributed by atoms with Crippen LogP contribution >= 0.6 is 0 Å². The molecular weight excluding hydrogens is 392 g/mol. The Labute approximate surface area is 184 Å². The molecule has 0 bridgehead atoms. The third-order valence-corrected chi connectivity index (χ3v) is 5.40. The number of anilines is 1. The van der Waals surface area contributed by atoms with Gasteiger partial charge in [-0.25, -0.2) is 0 Å². The van der Waals surface area contributed by atoms with Crippen LogP contribution in [0.2, 0.25) is 0 Å². The average molecular weight is 425 g/mol. The van der Waals surface area contributed by atoms with E-state index >= 15 is 0 Å². The van der Waals surface area contributed by atoms with Crippen LogP contribution < -0.4 is 14.8 Å². The first-order valence-electron chi connectivity index (χ1n) is 11.1. The van der Waals surface area contributed by atoms with E-state index in [4.69, 9.17) is 9.47 Å². The van der Waals surface area contributed by atoms with Crippen LogP contribution in [0.5, 0.6) is 11.5 Å². The maximum absolute atomic E-state index is 12.9. The first-order valence-corrected chi connectivity index (χ1v) is 11.1. The van der Waals surface area contributed by atoms with E-state index in [1.807, 2.05) is 36.1 Å². The summed E-state index contributed by atoms with van der Waals surface area (Å²) in [6, 6.07) is 12.8. The lowest BCUT2D eigenvalue weighted by molar-refractivity contribution is -0.134. The monoisotopic (exact) mass is 424 g/mol. The molecule has 0 atom stereocenters. The van der Waals surface area contributed by atoms with Gasteiger partial charge in [0.25, 0.3) is 11.8 Å². The molecule has 1 N–H and O–H groups in total. The van der Waals surface area contributed by atoms with Crippen LogP contribution in [0.25, 0.3) is 0 Å². The molecule has 31 heavy (non-hydrogen) atoms. The second-order valence-corrected chi connectivity index (χ2v) is 8.02. The van der Waals surface area contributed by atoms with Crippen molar-refractivity contribution in [3.05, 3.63) is 53.6 Å². The number of hydrogen-bond acceptors (Lipinski definition) is 4. The Hall–Kier alpha value is -3.02. The van der Waals surface area contributed by atoms with E-state index in [1.54, 1.807) is 18.2 Å². The van der Waals surface area contributed by atoms with Gasteiger partial charge in [0.05, 0.1) is 6.61 Å². The van der Waals surface area contributed by atoms with Gasteiger partial charge in [0.15, 0.2) is 18.1 Å². The number of piperidine rings is 1. The van der Waals surface area contributed by atoms with E-state index < -0.39 is 0 Å². The molecule has 6 heteroatoms. The lowest BCUT2D eigenvalue weighted by atomic mass is 10.0. The minimum Gasteiger partial charge on any atom is -0.490 e. The van der Waals surface area contributed by atoms with Crippen LogP contribution in [0.1, 0.15) is 61.9 Å². The number of nitrogens with one attached hydrogen (secondary N) is 1. The van der Waals surface area contributed by atoms with Crippen LogP contribution in [0, 0.1) is 0 Å². The van der Waals surface area contributed by atoms with Crippen molar-refractivity contribution in [3.63, 3.8) is 0 Å². The van der Waals surface area contributed by atoms with E-state index in [0.717, 1.165) is 37.2 Å². The topological polar surface area (TPSA) is 67.9 Å². The lowest BCUT2D eigenvalue weighted by Crippen LogP contribution is -2.38. The Morgan fingerprint density at radius 3 is 2.45 bits per heavy atom. The Bertz CT molecular complexity index is 904. The second kappa shape index (κ2) is 10.8. The van der Waals surface area contributed by atoms with E-state index in [9.17, 15) is 9.59 Å². The molecule has 2 amide bonds. The Balaban J connectivity index is 1.70. The SMILES string of the molecule is CCOc1cc(C(=O)Nc2ccccc2C(C)C)ccc1OCC(=O)N1CCCCC1. The van der Waals surface area contributed by atoms with Crippen molar-refractivity contribution >= 4 is 17.5 Å². The zero-order valence-electron chi connectivity index (χ0n) is 18.6. The highest BCUT2D eigenvalue weighted by Crippen LogP contribution is 2.30. The lowest BCUT2D eigenvalue weighted by Gasteiger charge is -2.26. The number of benzene rings is 2. The van der Waals surface area contributed by atoms with Crippen molar-refractivity contribution in [2.75, 3.05) is 31.6 Å². The first-order chi connectivity index (χ1) is 15.0. The molecule has 6 nitrogen and oxygen atoms in total. The average Bonchev–Trinajstić information content (AvgIpc) is 2.79. The number of rotatable bonds is 8. The van der Waals surface area contributed by atoms with Gasteiger partial charge >= 0.3 is 0 Å². The summed E-state index contributed by atoms with van der Waals surface area (Å²) in [5, 5.41) is 2.99. The fourth-order valence-electron chi connectivity index (χ4n) is 3.72. The van der Waals surface area contributed by atoms with Gasteiger partial charge in [0.2, 0.25) is 0 Å². The number of nitrogens with zero attached hydrogens (tertiary/aromatic N) is 1. The summed E-state index contributed by atoms with van der Waals surface area (Å²) in [7, 11) is 0. The third kappa shape index (κ3) is 6.00. The Kier molecular flexibility index (Phi) is 7.93. The summed E-state index contributed by atoms with van der Waals surface area (Å²) in [5.74, 6) is 0.980. The van der Waals surface area contributed by atoms with Gasteiger partial charge in [-0.1, -0.05) is 32.0 Å². The third-order valence-electron chi connectivity index (χ3n) is 5.40. The fourth-order valence-corrected chi connectivity index (χ4v) is 3.72. The van der Waals surface area contributed by atoms with Crippen molar-refractivity contribution in [2.24, 2.45) is 0 Å². The van der Waals surface area contributed by atoms with E-state index in [1.165, 1.54) is 6.42 Å². The van der Waals surface area contributed by atoms with Gasteiger partial charge in [-0.05, 0) is 61.9 Å². The van der Waals surface area contributed by atoms with Crippen molar-refractivity contribution in [1.82, 2.24) is 4.90 Å². The van der Waals surface area contributed by atoms with E-state index in [2.05, 4.69) is 19.2 Å². The van der Waals surface area contributed by atoms with E-state index in [0.29, 0.717) is 29.6 Å². The van der Waals surface area contributed by atoms with Crippen molar-refractivity contribution in [3.8, 4) is 11.5 Å². The standard InChI is InChI=1S/C25H32N2O4/c1-4-30-23-16-19(25(29)26-21-11-7-6-10-20(21)18(2)3)12-13-22(23)31-17-24(28)27-14-8-5-9-15-27/h6-7,10-13,16,18H,4-5,8-9,14-15,17H2,1-3H3,(H,26,29). The maximum atomic E-state index is 12.9. The van der Waals surface area contributed by atoms with Crippen LogP contribution in [-0.4, -0.2) is 43.0 Å². The normalized spacial score (nSPS) is 13.7. The number of amides is 2. The molecule has 0 aliphatic carbocycles. The molecule has 2 aromatic carbocycles. The van der Waals surface area contributed by atoms with Crippen LogP contribution in [0.4, 0.5) is 5.69 Å². The molecule has 1 heterocycles. The predicted molar refractivity (Wildman–Crippen MR) is 122 cm³/mol. The van der Waals surface area contributed by atoms with Crippen molar-refractivity contribution in [1.29, 1.82) is 0 Å². The Morgan fingerprint density at radius 2 is 1.74 bits per heavy atom. The molecule has 3 rings (SSSR count). The highest BCUT2D eigenvalue weighted by Gasteiger charge is 2.19. The zero-order valence-corrected chi connectivity index (χ0v) is 18.6. The molecule has 0 aromatic heterocycles. The van der Waals surface area contributed by atoms with Crippen LogP contribution in [-0.2, 0) is 4.79 Å². The predicted octanol–water partition coefficient (Wildman–Crippen LogP) is 4.85. The number of para-hydroxylation sites is 1. The number of carbonyl (C=O) groups is 2. The summed E-state index contributed by atoms with van der Waals surface area (Å²) in [6.07, 6.45) is 3.25. The summed E-state index contributed by atoms with van der Waals surface area (Å²) in [5.41, 5.74) is 2.35. The molecule has 1 saturated heterocycles. The summed E-state index contributed by atoms with van der Waals surface area (Å²) in [6.45, 7) is 8.03. The molecular formula is C25H32N2O4. The number of hydrogen-bond donors (Lipinski definition) is 1. The Morgan fingerprint density at radius 1 is 1.00 bits per heavy atom. The highest BCUT2D eigenvalue weighted by atomic mass is 16.5. The van der Waals surface area contributed by atoms with Gasteiger partial charge in [0.1, 0.15) is 0 Å². The molecule has 0 radical (unpaired) electrons. The molecule has 0 unspecified atom stereocenters. The first kappa shape index (κ1) is 22.7. The molecule has 2 aromatic rings. The van der Waals surface area contributed by atoms with Crippen molar-refractivity contribution in [2.45, 2.75) is 46.0 Å². The maximum Gasteiger partial charge on any atom is 0.260 e. The zero-order chi connectivity index (χ0) is 22.2. The van der Waals surface area contributed by atoms with Crippen LogP contribution in [0.3, 0.4) is 0 Å². The highest BCUT2D eigenvalue weighted by molar-refractivity contribution is 6.05. The van der Waals surface area contributed by atoms with Gasteiger partial charge < -0.3 is 19.7 Å². The second-order valence-electron chi connectivity index (χ2n) is 8.02. The molecule has 166 valence electrons. The summed E-state index contributed by atoms with van der Waals surface area (Å²) < 4.78 is 11.4. The van der Waals surface area contributed by atoms with Crippen molar-refractivity contribution < 1.29 is 19.1 Å². The molecule has 1 fully saturated rings. The quantitative estimate of drug-likeness (QED) is 0.658.